The van der Waals surface area contributed by atoms with E-state index in [9.17, 15) is 4.79 Å². The van der Waals surface area contributed by atoms with Crippen molar-refractivity contribution in [3.63, 3.8) is 0 Å². The quantitative estimate of drug-likeness (QED) is 0.749. The smallest absolute Gasteiger partial charge is 0.254 e. The highest BCUT2D eigenvalue weighted by molar-refractivity contribution is 7.09. The van der Waals surface area contributed by atoms with E-state index in [1.54, 1.807) is 12.4 Å². The van der Waals surface area contributed by atoms with Crippen molar-refractivity contribution in [1.82, 2.24) is 15.3 Å². The lowest BCUT2D eigenvalue weighted by atomic mass is 10.1. The minimum atomic E-state index is -0.620. The summed E-state index contributed by atoms with van der Waals surface area (Å²) in [7, 11) is 1.53. The molecule has 0 aliphatic rings. The zero-order valence-corrected chi connectivity index (χ0v) is 14.0. The number of aromatic nitrogens is 2. The van der Waals surface area contributed by atoms with Gasteiger partial charge in [-0.25, -0.2) is 4.98 Å². The zero-order chi connectivity index (χ0) is 16.8. The van der Waals surface area contributed by atoms with Crippen molar-refractivity contribution in [3.8, 4) is 11.3 Å². The van der Waals surface area contributed by atoms with E-state index in [0.717, 1.165) is 21.8 Å². The molecule has 1 N–H and O–H groups in total. The van der Waals surface area contributed by atoms with Gasteiger partial charge in [-0.2, -0.15) is 0 Å². The summed E-state index contributed by atoms with van der Waals surface area (Å²) >= 11 is 1.51. The molecule has 0 saturated carbocycles. The van der Waals surface area contributed by atoms with Gasteiger partial charge in [-0.15, -0.1) is 11.3 Å². The Morgan fingerprint density at radius 2 is 1.96 bits per heavy atom. The fourth-order valence-corrected chi connectivity index (χ4v) is 3.07. The minimum Gasteiger partial charge on any atom is -0.367 e. The predicted octanol–water partition coefficient (Wildman–Crippen LogP) is 3.21. The number of ether oxygens (including phenoxy) is 1. The topological polar surface area (TPSA) is 64.1 Å². The van der Waals surface area contributed by atoms with E-state index in [-0.39, 0.29) is 5.91 Å². The molecule has 5 nitrogen and oxygen atoms in total. The second-order valence-electron chi connectivity index (χ2n) is 5.11. The van der Waals surface area contributed by atoms with Crippen LogP contribution in [0.2, 0.25) is 0 Å². The second-order valence-corrected chi connectivity index (χ2v) is 6.05. The lowest BCUT2D eigenvalue weighted by molar-refractivity contribution is -0.131. The van der Waals surface area contributed by atoms with Crippen molar-refractivity contribution in [2.75, 3.05) is 7.11 Å². The number of nitrogens with zero attached hydrogens (tertiary/aromatic N) is 2. The van der Waals surface area contributed by atoms with E-state index in [2.05, 4.69) is 15.3 Å². The number of benzene rings is 1. The van der Waals surface area contributed by atoms with Crippen molar-refractivity contribution >= 4 is 17.2 Å². The number of nitrogens with one attached hydrogen (secondary N) is 1. The third-order valence-corrected chi connectivity index (χ3v) is 4.37. The van der Waals surface area contributed by atoms with Crippen LogP contribution in [0.3, 0.4) is 0 Å². The van der Waals surface area contributed by atoms with Gasteiger partial charge in [-0.1, -0.05) is 30.3 Å². The van der Waals surface area contributed by atoms with Crippen LogP contribution in [0.5, 0.6) is 0 Å². The number of carbonyl (C=O) groups excluding carboxylic acids is 1. The van der Waals surface area contributed by atoms with Gasteiger partial charge in [0.05, 0.1) is 12.2 Å². The predicted molar refractivity (Wildman–Crippen MR) is 93.4 cm³/mol. The molecule has 122 valence electrons. The van der Waals surface area contributed by atoms with Gasteiger partial charge >= 0.3 is 0 Å². The monoisotopic (exact) mass is 339 g/mol. The van der Waals surface area contributed by atoms with Crippen LogP contribution in [0.4, 0.5) is 0 Å². The largest absolute Gasteiger partial charge is 0.367 e. The number of thiazole rings is 1. The Balaban J connectivity index is 1.63. The summed E-state index contributed by atoms with van der Waals surface area (Å²) in [6.45, 7) is 0.376. The van der Waals surface area contributed by atoms with Gasteiger partial charge in [0.2, 0.25) is 0 Å². The fourth-order valence-electron chi connectivity index (χ4n) is 2.33. The molecule has 0 aliphatic carbocycles. The Morgan fingerprint density at radius 3 is 2.67 bits per heavy atom. The number of pyridine rings is 1. The average Bonchev–Trinajstić information content (AvgIpc) is 3.11. The molecule has 0 saturated heterocycles. The second kappa shape index (κ2) is 7.81. The van der Waals surface area contributed by atoms with Crippen LogP contribution in [0, 0.1) is 0 Å². The van der Waals surface area contributed by atoms with Crippen LogP contribution in [-0.2, 0) is 16.1 Å². The van der Waals surface area contributed by atoms with Crippen molar-refractivity contribution in [3.05, 3.63) is 70.8 Å². The van der Waals surface area contributed by atoms with Crippen LogP contribution in [0.15, 0.2) is 60.2 Å². The molecule has 1 aromatic carbocycles. The summed E-state index contributed by atoms with van der Waals surface area (Å²) in [5, 5.41) is 5.70. The van der Waals surface area contributed by atoms with Crippen LogP contribution in [0.25, 0.3) is 11.3 Å². The Morgan fingerprint density at radius 1 is 1.21 bits per heavy atom. The highest BCUT2D eigenvalue weighted by Crippen LogP contribution is 2.21. The molecule has 2 heterocycles. The Kier molecular flexibility index (Phi) is 5.30. The van der Waals surface area contributed by atoms with Crippen molar-refractivity contribution < 1.29 is 9.53 Å². The van der Waals surface area contributed by atoms with Crippen LogP contribution >= 0.6 is 11.3 Å². The summed E-state index contributed by atoms with van der Waals surface area (Å²) in [6, 6.07) is 13.2. The number of hydrogen-bond acceptors (Lipinski definition) is 5. The van der Waals surface area contributed by atoms with E-state index in [4.69, 9.17) is 4.74 Å². The fraction of sp³-hybridized carbons (Fsp3) is 0.167. The zero-order valence-electron chi connectivity index (χ0n) is 13.2. The SMILES string of the molecule is CO[C@@H](C(=O)NCc1nc(-c2ccncc2)cs1)c1ccccc1. The molecule has 3 rings (SSSR count). The third-order valence-electron chi connectivity index (χ3n) is 3.52. The maximum atomic E-state index is 12.4. The van der Waals surface area contributed by atoms with Crippen LogP contribution in [0.1, 0.15) is 16.7 Å². The third kappa shape index (κ3) is 3.84. The Labute approximate surface area is 144 Å². The summed E-state index contributed by atoms with van der Waals surface area (Å²) in [5.41, 5.74) is 2.73. The maximum Gasteiger partial charge on any atom is 0.254 e. The molecule has 0 radical (unpaired) electrons. The number of rotatable bonds is 6. The molecule has 3 aromatic rings. The lowest BCUT2D eigenvalue weighted by Crippen LogP contribution is -2.29. The van der Waals surface area contributed by atoms with Gasteiger partial charge in [0, 0.05) is 30.4 Å². The van der Waals surface area contributed by atoms with E-state index < -0.39 is 6.10 Å². The number of amides is 1. The normalized spacial score (nSPS) is 11.9. The maximum absolute atomic E-state index is 12.4. The molecular formula is C18H17N3O2S. The lowest BCUT2D eigenvalue weighted by Gasteiger charge is -2.15. The molecule has 0 fully saturated rings. The first-order valence-corrected chi connectivity index (χ1v) is 8.36. The van der Waals surface area contributed by atoms with Crippen LogP contribution in [-0.4, -0.2) is 23.0 Å². The van der Waals surface area contributed by atoms with Gasteiger partial charge in [0.15, 0.2) is 6.10 Å². The first kappa shape index (κ1) is 16.3. The van der Waals surface area contributed by atoms with Gasteiger partial charge in [-0.05, 0) is 17.7 Å². The summed E-state index contributed by atoms with van der Waals surface area (Å²) in [5.74, 6) is -0.177. The molecule has 2 aromatic heterocycles. The summed E-state index contributed by atoms with van der Waals surface area (Å²) < 4.78 is 5.33. The molecule has 1 atom stereocenters. The summed E-state index contributed by atoms with van der Waals surface area (Å²) in [4.78, 5) is 20.9. The van der Waals surface area contributed by atoms with Crippen molar-refractivity contribution in [1.29, 1.82) is 0 Å². The standard InChI is InChI=1S/C18H17N3O2S/c1-23-17(14-5-3-2-4-6-14)18(22)20-11-16-21-15(12-24-16)13-7-9-19-10-8-13/h2-10,12,17H,11H2,1H3,(H,20,22)/t17-/m1/s1. The molecule has 24 heavy (non-hydrogen) atoms. The van der Waals surface area contributed by atoms with Crippen molar-refractivity contribution in [2.45, 2.75) is 12.6 Å². The Bertz CT molecular complexity index is 790. The number of methoxy groups -OCH3 is 1. The van der Waals surface area contributed by atoms with Crippen LogP contribution < -0.4 is 5.32 Å². The first-order chi connectivity index (χ1) is 11.8. The van der Waals surface area contributed by atoms with Crippen molar-refractivity contribution in [2.24, 2.45) is 0 Å². The highest BCUT2D eigenvalue weighted by Gasteiger charge is 2.19. The molecule has 0 unspecified atom stereocenters. The number of carbonyl (C=O) groups is 1. The van der Waals surface area contributed by atoms with E-state index in [1.807, 2.05) is 47.8 Å². The molecule has 0 aliphatic heterocycles. The summed E-state index contributed by atoms with van der Waals surface area (Å²) in [6.07, 6.45) is 2.85. The molecule has 1 amide bonds. The molecule has 0 bridgehead atoms. The average molecular weight is 339 g/mol. The van der Waals surface area contributed by atoms with Gasteiger partial charge < -0.3 is 10.1 Å². The van der Waals surface area contributed by atoms with Gasteiger partial charge in [0.1, 0.15) is 5.01 Å². The van der Waals surface area contributed by atoms with E-state index in [1.165, 1.54) is 18.4 Å². The van der Waals surface area contributed by atoms with Gasteiger partial charge in [-0.3, -0.25) is 9.78 Å². The first-order valence-electron chi connectivity index (χ1n) is 7.48. The molecule has 6 heteroatoms. The Hall–Kier alpha value is -2.57. The molecule has 0 spiro atoms. The number of hydrogen-bond donors (Lipinski definition) is 1. The van der Waals surface area contributed by atoms with E-state index in [0.29, 0.717) is 6.54 Å². The van der Waals surface area contributed by atoms with E-state index >= 15 is 0 Å². The highest BCUT2D eigenvalue weighted by atomic mass is 32.1. The molecular weight excluding hydrogens is 322 g/mol. The van der Waals surface area contributed by atoms with Gasteiger partial charge in [0.25, 0.3) is 5.91 Å². The minimum absolute atomic E-state index is 0.177.